The summed E-state index contributed by atoms with van der Waals surface area (Å²) >= 11 is 1.62. The third-order valence-corrected chi connectivity index (χ3v) is 4.69. The van der Waals surface area contributed by atoms with Gasteiger partial charge in [-0.2, -0.15) is 0 Å². The van der Waals surface area contributed by atoms with Crippen molar-refractivity contribution in [3.05, 3.63) is 64.0 Å². The summed E-state index contributed by atoms with van der Waals surface area (Å²) in [6.07, 6.45) is 0.305. The fourth-order valence-electron chi connectivity index (χ4n) is 2.65. The smallest absolute Gasteiger partial charge is 0.170 e. The normalized spacial score (nSPS) is 10.5. The van der Waals surface area contributed by atoms with Crippen LogP contribution in [-0.2, 0) is 6.42 Å². The molecule has 0 radical (unpaired) electrons. The molecular formula is C20H19NO3S. The van der Waals surface area contributed by atoms with E-state index in [4.69, 9.17) is 9.47 Å². The number of benzene rings is 2. The van der Waals surface area contributed by atoms with Gasteiger partial charge in [0.05, 0.1) is 30.5 Å². The fraction of sp³-hybridized carbons (Fsp3) is 0.200. The maximum Gasteiger partial charge on any atom is 0.170 e. The Morgan fingerprint density at radius 1 is 1.12 bits per heavy atom. The quantitative estimate of drug-likeness (QED) is 0.610. The lowest BCUT2D eigenvalue weighted by Crippen LogP contribution is -2.06. The summed E-state index contributed by atoms with van der Waals surface area (Å²) in [5, 5.41) is 3.06. The lowest BCUT2D eigenvalue weighted by Gasteiger charge is -2.10. The van der Waals surface area contributed by atoms with Crippen molar-refractivity contribution in [1.29, 1.82) is 0 Å². The van der Waals surface area contributed by atoms with Gasteiger partial charge in [-0.3, -0.25) is 4.79 Å². The maximum absolute atomic E-state index is 12.7. The molecule has 128 valence electrons. The first-order valence-electron chi connectivity index (χ1n) is 7.87. The number of carbonyl (C=O) groups is 1. The topological polar surface area (TPSA) is 48.4 Å². The van der Waals surface area contributed by atoms with Crippen LogP contribution in [0.4, 0.5) is 0 Å². The summed E-state index contributed by atoms with van der Waals surface area (Å²) in [6, 6.07) is 13.2. The van der Waals surface area contributed by atoms with Gasteiger partial charge in [0, 0.05) is 23.4 Å². The highest BCUT2D eigenvalue weighted by Crippen LogP contribution is 2.27. The van der Waals surface area contributed by atoms with E-state index in [1.807, 2.05) is 36.6 Å². The van der Waals surface area contributed by atoms with Crippen LogP contribution in [-0.4, -0.2) is 25.0 Å². The number of aryl methyl sites for hydroxylation is 1. The van der Waals surface area contributed by atoms with Crippen molar-refractivity contribution in [3.8, 4) is 22.8 Å². The highest BCUT2D eigenvalue weighted by Gasteiger charge is 2.14. The molecule has 2 aromatic carbocycles. The third-order valence-electron chi connectivity index (χ3n) is 3.92. The molecule has 0 aliphatic heterocycles. The summed E-state index contributed by atoms with van der Waals surface area (Å²) in [5.41, 5.74) is 3.47. The van der Waals surface area contributed by atoms with Crippen molar-refractivity contribution < 1.29 is 14.3 Å². The first kappa shape index (κ1) is 17.2. The molecule has 1 heterocycles. The van der Waals surface area contributed by atoms with E-state index < -0.39 is 0 Å². The summed E-state index contributed by atoms with van der Waals surface area (Å²) in [6.45, 7) is 1.98. The van der Waals surface area contributed by atoms with Gasteiger partial charge < -0.3 is 9.47 Å². The molecule has 0 atom stereocenters. The maximum atomic E-state index is 12.7. The Hall–Kier alpha value is -2.66. The van der Waals surface area contributed by atoms with Crippen LogP contribution in [0, 0.1) is 6.92 Å². The van der Waals surface area contributed by atoms with E-state index in [2.05, 4.69) is 4.98 Å². The number of methoxy groups -OCH3 is 2. The van der Waals surface area contributed by atoms with Crippen molar-refractivity contribution in [3.63, 3.8) is 0 Å². The van der Waals surface area contributed by atoms with Crippen molar-refractivity contribution in [1.82, 2.24) is 4.98 Å². The van der Waals surface area contributed by atoms with E-state index in [9.17, 15) is 4.79 Å². The molecule has 0 aliphatic rings. The number of hydrogen-bond donors (Lipinski definition) is 0. The van der Waals surface area contributed by atoms with E-state index in [0.29, 0.717) is 23.5 Å². The fourth-order valence-corrected chi connectivity index (χ4v) is 3.27. The lowest BCUT2D eigenvalue weighted by atomic mass is 10.00. The van der Waals surface area contributed by atoms with Crippen molar-refractivity contribution in [2.45, 2.75) is 13.3 Å². The van der Waals surface area contributed by atoms with Gasteiger partial charge in [0.15, 0.2) is 5.78 Å². The lowest BCUT2D eigenvalue weighted by molar-refractivity contribution is 0.0990. The number of ketones is 1. The molecule has 0 fully saturated rings. The van der Waals surface area contributed by atoms with Crippen molar-refractivity contribution in [2.75, 3.05) is 14.2 Å². The molecule has 0 N–H and O–H groups in total. The molecule has 3 aromatic rings. The van der Waals surface area contributed by atoms with E-state index in [-0.39, 0.29) is 5.78 Å². The number of carbonyl (C=O) groups excluding carboxylic acids is 1. The Morgan fingerprint density at radius 3 is 2.64 bits per heavy atom. The second-order valence-electron chi connectivity index (χ2n) is 5.62. The largest absolute Gasteiger partial charge is 0.497 e. The summed E-state index contributed by atoms with van der Waals surface area (Å²) in [4.78, 5) is 17.2. The zero-order valence-electron chi connectivity index (χ0n) is 14.4. The average molecular weight is 353 g/mol. The van der Waals surface area contributed by atoms with E-state index in [1.165, 1.54) is 0 Å². The summed E-state index contributed by atoms with van der Waals surface area (Å²) in [7, 11) is 3.14. The van der Waals surface area contributed by atoms with Crippen LogP contribution < -0.4 is 9.47 Å². The number of Topliss-reactive ketones (excluding diaryl/α,β-unsaturated/α-hetero) is 1. The molecule has 25 heavy (non-hydrogen) atoms. The Kier molecular flexibility index (Phi) is 5.14. The molecule has 0 aliphatic carbocycles. The van der Waals surface area contributed by atoms with Gasteiger partial charge in [-0.05, 0) is 30.7 Å². The Balaban J connectivity index is 1.84. The summed E-state index contributed by atoms with van der Waals surface area (Å²) in [5.74, 6) is 1.19. The first-order chi connectivity index (χ1) is 12.1. The molecule has 0 saturated heterocycles. The van der Waals surface area contributed by atoms with Gasteiger partial charge >= 0.3 is 0 Å². The Labute approximate surface area is 151 Å². The first-order valence-corrected chi connectivity index (χ1v) is 8.75. The minimum absolute atomic E-state index is 0.00566. The van der Waals surface area contributed by atoms with Gasteiger partial charge in [-0.25, -0.2) is 4.98 Å². The molecule has 0 saturated carbocycles. The highest BCUT2D eigenvalue weighted by molar-refractivity contribution is 7.09. The Bertz CT molecular complexity index is 901. The predicted octanol–water partition coefficient (Wildman–Crippen LogP) is 4.56. The van der Waals surface area contributed by atoms with Crippen molar-refractivity contribution >= 4 is 17.1 Å². The zero-order chi connectivity index (χ0) is 17.8. The van der Waals surface area contributed by atoms with Gasteiger partial charge in [0.2, 0.25) is 0 Å². The van der Waals surface area contributed by atoms with Crippen LogP contribution >= 0.6 is 11.3 Å². The zero-order valence-corrected chi connectivity index (χ0v) is 15.2. The van der Waals surface area contributed by atoms with Gasteiger partial charge in [-0.1, -0.05) is 18.2 Å². The predicted molar refractivity (Wildman–Crippen MR) is 99.9 cm³/mol. The molecule has 0 spiro atoms. The second-order valence-corrected chi connectivity index (χ2v) is 6.68. The minimum atomic E-state index is 0.00566. The minimum Gasteiger partial charge on any atom is -0.497 e. The number of thiazole rings is 1. The van der Waals surface area contributed by atoms with Crippen LogP contribution in [0.15, 0.2) is 47.8 Å². The van der Waals surface area contributed by atoms with E-state index >= 15 is 0 Å². The molecule has 5 heteroatoms. The SMILES string of the molecule is COc1ccc(C(=O)Cc2cccc(-c3csc(C)n3)c2)c(OC)c1. The van der Waals surface area contributed by atoms with E-state index in [1.54, 1.807) is 43.8 Å². The van der Waals surface area contributed by atoms with Crippen molar-refractivity contribution in [2.24, 2.45) is 0 Å². The standard InChI is InChI=1S/C20H19NO3S/c1-13-21-18(12-25-13)15-6-4-5-14(9-15)10-19(22)17-8-7-16(23-2)11-20(17)24-3/h4-9,11-12H,10H2,1-3H3. The van der Waals surface area contributed by atoms with Crippen LogP contribution in [0.5, 0.6) is 11.5 Å². The molecule has 0 amide bonds. The third kappa shape index (κ3) is 3.88. The number of hydrogen-bond acceptors (Lipinski definition) is 5. The van der Waals surface area contributed by atoms with E-state index in [0.717, 1.165) is 21.8 Å². The molecule has 4 nitrogen and oxygen atoms in total. The van der Waals surface area contributed by atoms with Crippen LogP contribution in [0.25, 0.3) is 11.3 Å². The number of rotatable bonds is 6. The van der Waals surface area contributed by atoms with Gasteiger partial charge in [0.1, 0.15) is 11.5 Å². The average Bonchev–Trinajstić information content (AvgIpc) is 3.07. The molecule has 0 unspecified atom stereocenters. The number of nitrogens with zero attached hydrogens (tertiary/aromatic N) is 1. The monoisotopic (exact) mass is 353 g/mol. The summed E-state index contributed by atoms with van der Waals surface area (Å²) < 4.78 is 10.5. The number of aromatic nitrogens is 1. The van der Waals surface area contributed by atoms with Crippen LogP contribution in [0.3, 0.4) is 0 Å². The number of ether oxygens (including phenoxy) is 2. The molecule has 3 rings (SSSR count). The van der Waals surface area contributed by atoms with Crippen LogP contribution in [0.1, 0.15) is 20.9 Å². The van der Waals surface area contributed by atoms with Gasteiger partial charge in [0.25, 0.3) is 0 Å². The van der Waals surface area contributed by atoms with Gasteiger partial charge in [-0.15, -0.1) is 11.3 Å². The molecule has 1 aromatic heterocycles. The molecular weight excluding hydrogens is 334 g/mol. The highest BCUT2D eigenvalue weighted by atomic mass is 32.1. The molecule has 0 bridgehead atoms. The second kappa shape index (κ2) is 7.49. The Morgan fingerprint density at radius 2 is 1.96 bits per heavy atom. The van der Waals surface area contributed by atoms with Crippen LogP contribution in [0.2, 0.25) is 0 Å².